The number of hydrogen-bond acceptors (Lipinski definition) is 6. The molecule has 3 aliphatic heterocycles. The van der Waals surface area contributed by atoms with Crippen molar-refractivity contribution in [3.8, 4) is 0 Å². The normalized spacial score (nSPS) is 27.2. The molecule has 0 unspecified atom stereocenters. The number of carbonyl (C=O) groups excluding carboxylic acids is 1. The predicted molar refractivity (Wildman–Crippen MR) is 104 cm³/mol. The van der Waals surface area contributed by atoms with Crippen molar-refractivity contribution >= 4 is 21.6 Å². The van der Waals surface area contributed by atoms with Gasteiger partial charge in [0, 0.05) is 39.3 Å². The van der Waals surface area contributed by atoms with Gasteiger partial charge in [0.2, 0.25) is 15.9 Å². The quantitative estimate of drug-likeness (QED) is 0.722. The van der Waals surface area contributed by atoms with Crippen molar-refractivity contribution in [3.05, 3.63) is 24.3 Å². The highest BCUT2D eigenvalue weighted by molar-refractivity contribution is 7.89. The topological polar surface area (TPSA) is 79.4 Å². The van der Waals surface area contributed by atoms with E-state index in [0.29, 0.717) is 51.7 Å². The Balaban J connectivity index is 1.70. The molecule has 1 aromatic carbocycles. The van der Waals surface area contributed by atoms with Gasteiger partial charge in [-0.3, -0.25) is 4.79 Å². The van der Waals surface area contributed by atoms with Crippen LogP contribution in [-0.2, 0) is 24.3 Å². The summed E-state index contributed by atoms with van der Waals surface area (Å²) >= 11 is 0. The number of amides is 1. The fraction of sp³-hybridized carbons (Fsp3) is 0.632. The molecule has 2 fully saturated rings. The van der Waals surface area contributed by atoms with Crippen molar-refractivity contribution in [2.45, 2.75) is 29.8 Å². The largest absolute Gasteiger partial charge is 0.383 e. The van der Waals surface area contributed by atoms with Crippen molar-refractivity contribution < 1.29 is 22.7 Å². The summed E-state index contributed by atoms with van der Waals surface area (Å²) in [6, 6.07) is 6.68. The lowest BCUT2D eigenvalue weighted by Gasteiger charge is -2.35. The standard InChI is InChI=1S/C19H27N3O5S/c1-26-11-10-21-14-15-6-7-17(19(23)20-8-12-27-13-9-20)22(15)16-4-2-3-5-18(16)28(21,24)25/h2-5,15,17H,6-14H2,1H3/t15-,17-/m0/s1. The predicted octanol–water partition coefficient (Wildman–Crippen LogP) is 0.534. The number of fused-ring (bicyclic) bond motifs is 3. The average Bonchev–Trinajstić information content (AvgIpc) is 3.10. The third-order valence-electron chi connectivity index (χ3n) is 5.83. The fourth-order valence-corrected chi connectivity index (χ4v) is 6.08. The van der Waals surface area contributed by atoms with E-state index >= 15 is 0 Å². The van der Waals surface area contributed by atoms with Crippen LogP contribution in [0.15, 0.2) is 29.2 Å². The number of sulfonamides is 1. The van der Waals surface area contributed by atoms with Gasteiger partial charge in [0.15, 0.2) is 0 Å². The molecule has 28 heavy (non-hydrogen) atoms. The van der Waals surface area contributed by atoms with Crippen molar-refractivity contribution in [3.63, 3.8) is 0 Å². The smallest absolute Gasteiger partial charge is 0.245 e. The highest BCUT2D eigenvalue weighted by atomic mass is 32.2. The van der Waals surface area contributed by atoms with Crippen LogP contribution < -0.4 is 4.90 Å². The molecule has 0 bridgehead atoms. The molecule has 0 aromatic heterocycles. The van der Waals surface area contributed by atoms with Gasteiger partial charge in [-0.2, -0.15) is 4.31 Å². The van der Waals surface area contributed by atoms with Crippen LogP contribution in [0.2, 0.25) is 0 Å². The first-order valence-corrected chi connectivity index (χ1v) is 11.2. The lowest BCUT2D eigenvalue weighted by molar-refractivity contribution is -0.136. The molecule has 0 aliphatic carbocycles. The van der Waals surface area contributed by atoms with Crippen LogP contribution in [-0.4, -0.2) is 88.7 Å². The number of rotatable bonds is 4. The Bertz CT molecular complexity index is 825. The molecule has 0 radical (unpaired) electrons. The maximum atomic E-state index is 13.3. The summed E-state index contributed by atoms with van der Waals surface area (Å²) in [7, 11) is -2.07. The highest BCUT2D eigenvalue weighted by Gasteiger charge is 2.46. The second-order valence-electron chi connectivity index (χ2n) is 7.42. The van der Waals surface area contributed by atoms with Crippen LogP contribution >= 0.6 is 0 Å². The Labute approximate surface area is 166 Å². The molecular weight excluding hydrogens is 382 g/mol. The second-order valence-corrected chi connectivity index (χ2v) is 9.32. The van der Waals surface area contributed by atoms with Gasteiger partial charge in [-0.15, -0.1) is 0 Å². The molecule has 9 heteroatoms. The molecule has 0 saturated carbocycles. The van der Waals surface area contributed by atoms with Crippen LogP contribution in [0.1, 0.15) is 12.8 Å². The number of hydrogen-bond donors (Lipinski definition) is 0. The fourth-order valence-electron chi connectivity index (χ4n) is 4.43. The van der Waals surface area contributed by atoms with E-state index in [4.69, 9.17) is 9.47 Å². The Morgan fingerprint density at radius 3 is 2.71 bits per heavy atom. The van der Waals surface area contributed by atoms with Gasteiger partial charge < -0.3 is 19.3 Å². The van der Waals surface area contributed by atoms with Gasteiger partial charge in [0.25, 0.3) is 0 Å². The lowest BCUT2D eigenvalue weighted by Crippen LogP contribution is -2.52. The van der Waals surface area contributed by atoms with Crippen LogP contribution in [0.4, 0.5) is 5.69 Å². The molecule has 4 rings (SSSR count). The highest BCUT2D eigenvalue weighted by Crippen LogP contribution is 2.40. The first kappa shape index (κ1) is 19.6. The SMILES string of the molecule is COCCN1C[C@@H]2CC[C@@H](C(=O)N3CCOCC3)N2c2ccccc2S1(=O)=O. The monoisotopic (exact) mass is 409 g/mol. The maximum Gasteiger partial charge on any atom is 0.245 e. The zero-order valence-corrected chi connectivity index (χ0v) is 16.9. The molecule has 2 atom stereocenters. The molecule has 0 N–H and O–H groups in total. The van der Waals surface area contributed by atoms with E-state index < -0.39 is 10.0 Å². The zero-order chi connectivity index (χ0) is 19.7. The minimum Gasteiger partial charge on any atom is -0.383 e. The van der Waals surface area contributed by atoms with Crippen molar-refractivity contribution in [2.75, 3.05) is 58.0 Å². The first-order chi connectivity index (χ1) is 13.5. The van der Waals surface area contributed by atoms with Crippen molar-refractivity contribution in [2.24, 2.45) is 0 Å². The number of carbonyl (C=O) groups is 1. The van der Waals surface area contributed by atoms with Gasteiger partial charge in [0.05, 0.1) is 25.5 Å². The van der Waals surface area contributed by atoms with E-state index in [1.807, 2.05) is 17.0 Å². The van der Waals surface area contributed by atoms with Crippen molar-refractivity contribution in [1.29, 1.82) is 0 Å². The van der Waals surface area contributed by atoms with E-state index in [0.717, 1.165) is 12.8 Å². The summed E-state index contributed by atoms with van der Waals surface area (Å²) in [5.74, 6) is 0.0725. The molecular formula is C19H27N3O5S. The molecule has 1 amide bonds. The van der Waals surface area contributed by atoms with E-state index in [9.17, 15) is 13.2 Å². The third-order valence-corrected chi connectivity index (χ3v) is 7.74. The Hall–Kier alpha value is -1.68. The Morgan fingerprint density at radius 2 is 1.96 bits per heavy atom. The summed E-state index contributed by atoms with van der Waals surface area (Å²) in [6.07, 6.45) is 1.52. The van der Waals surface area contributed by atoms with Gasteiger partial charge in [0.1, 0.15) is 10.9 Å². The number of methoxy groups -OCH3 is 1. The average molecular weight is 410 g/mol. The minimum absolute atomic E-state index is 0.0229. The van der Waals surface area contributed by atoms with E-state index in [1.54, 1.807) is 19.2 Å². The molecule has 1 aromatic rings. The minimum atomic E-state index is -3.64. The van der Waals surface area contributed by atoms with E-state index in [2.05, 4.69) is 4.90 Å². The molecule has 8 nitrogen and oxygen atoms in total. The second kappa shape index (κ2) is 7.98. The van der Waals surface area contributed by atoms with Crippen LogP contribution in [0.5, 0.6) is 0 Å². The number of benzene rings is 1. The van der Waals surface area contributed by atoms with Gasteiger partial charge in [-0.05, 0) is 25.0 Å². The summed E-state index contributed by atoms with van der Waals surface area (Å²) in [5, 5.41) is 0. The molecule has 3 heterocycles. The Morgan fingerprint density at radius 1 is 1.21 bits per heavy atom. The summed E-state index contributed by atoms with van der Waals surface area (Å²) in [6.45, 7) is 3.30. The maximum absolute atomic E-state index is 13.3. The summed E-state index contributed by atoms with van der Waals surface area (Å²) < 4.78 is 38.5. The number of anilines is 1. The molecule has 2 saturated heterocycles. The zero-order valence-electron chi connectivity index (χ0n) is 16.1. The number of morpholine rings is 1. The van der Waals surface area contributed by atoms with Gasteiger partial charge in [-0.1, -0.05) is 12.1 Å². The van der Waals surface area contributed by atoms with Crippen molar-refractivity contribution in [1.82, 2.24) is 9.21 Å². The number of para-hydroxylation sites is 1. The van der Waals surface area contributed by atoms with Gasteiger partial charge >= 0.3 is 0 Å². The third kappa shape index (κ3) is 3.41. The van der Waals surface area contributed by atoms with Crippen LogP contribution in [0.25, 0.3) is 0 Å². The molecule has 0 spiro atoms. The Kier molecular flexibility index (Phi) is 5.59. The van der Waals surface area contributed by atoms with E-state index in [-0.39, 0.29) is 22.9 Å². The van der Waals surface area contributed by atoms with Gasteiger partial charge in [-0.25, -0.2) is 8.42 Å². The van der Waals surface area contributed by atoms with Crippen LogP contribution in [0.3, 0.4) is 0 Å². The van der Waals surface area contributed by atoms with Crippen LogP contribution in [0, 0.1) is 0 Å². The lowest BCUT2D eigenvalue weighted by atomic mass is 10.1. The van der Waals surface area contributed by atoms with E-state index in [1.165, 1.54) is 4.31 Å². The first-order valence-electron chi connectivity index (χ1n) is 9.77. The summed E-state index contributed by atoms with van der Waals surface area (Å²) in [5.41, 5.74) is 0.636. The summed E-state index contributed by atoms with van der Waals surface area (Å²) in [4.78, 5) is 17.4. The molecule has 3 aliphatic rings. The number of nitrogens with zero attached hydrogens (tertiary/aromatic N) is 3. The number of ether oxygens (including phenoxy) is 2. The molecule has 154 valence electrons.